The molecule has 3 heterocycles. The quantitative estimate of drug-likeness (QED) is 0.835. The first kappa shape index (κ1) is 11.3. The molecule has 3 rings (SSSR count). The van der Waals surface area contributed by atoms with Gasteiger partial charge in [-0.25, -0.2) is 0 Å². The van der Waals surface area contributed by atoms with Crippen LogP contribution in [0.1, 0.15) is 25.7 Å². The van der Waals surface area contributed by atoms with Gasteiger partial charge in [-0.3, -0.25) is 0 Å². The third kappa shape index (κ3) is 2.01. The lowest BCUT2D eigenvalue weighted by atomic mass is 9.99. The summed E-state index contributed by atoms with van der Waals surface area (Å²) in [6, 6.07) is 4.38. The third-order valence-electron chi connectivity index (χ3n) is 3.48. The summed E-state index contributed by atoms with van der Waals surface area (Å²) >= 11 is 0. The van der Waals surface area contributed by atoms with Crippen LogP contribution in [0.2, 0.25) is 0 Å². The number of hydrogen-bond acceptors (Lipinski definition) is 6. The normalized spacial score (nSPS) is 20.5. The predicted molar refractivity (Wildman–Crippen MR) is 67.2 cm³/mol. The lowest BCUT2D eigenvalue weighted by molar-refractivity contribution is 0.436. The summed E-state index contributed by atoms with van der Waals surface area (Å²) in [5.41, 5.74) is 6.36. The van der Waals surface area contributed by atoms with Crippen molar-refractivity contribution in [2.45, 2.75) is 31.7 Å². The molecule has 2 aromatic rings. The first-order valence-electron chi connectivity index (χ1n) is 6.40. The highest BCUT2D eigenvalue weighted by Gasteiger charge is 2.23. The van der Waals surface area contributed by atoms with Crippen molar-refractivity contribution in [3.05, 3.63) is 12.1 Å². The van der Waals surface area contributed by atoms with Crippen LogP contribution in [-0.4, -0.2) is 44.4 Å². The number of piperidine rings is 1. The average Bonchev–Trinajstić information content (AvgIpc) is 2.87. The number of rotatable bonds is 3. The summed E-state index contributed by atoms with van der Waals surface area (Å²) in [6.45, 7) is 1.75. The monoisotopic (exact) mass is 247 g/mol. The van der Waals surface area contributed by atoms with Gasteiger partial charge in [-0.15, -0.1) is 14.8 Å². The van der Waals surface area contributed by atoms with Crippen LogP contribution in [0.15, 0.2) is 12.1 Å². The summed E-state index contributed by atoms with van der Waals surface area (Å²) in [6.07, 6.45) is 4.67. The van der Waals surface area contributed by atoms with Gasteiger partial charge in [0.05, 0.1) is 0 Å². The molecule has 1 unspecified atom stereocenters. The zero-order valence-corrected chi connectivity index (χ0v) is 10.2. The van der Waals surface area contributed by atoms with Crippen LogP contribution in [0.25, 0.3) is 5.65 Å². The number of fused-ring (bicyclic) bond motifs is 1. The fourth-order valence-electron chi connectivity index (χ4n) is 2.59. The van der Waals surface area contributed by atoms with Crippen molar-refractivity contribution in [1.82, 2.24) is 25.3 Å². The van der Waals surface area contributed by atoms with Crippen molar-refractivity contribution >= 4 is 11.5 Å². The van der Waals surface area contributed by atoms with E-state index in [2.05, 4.69) is 25.5 Å². The van der Waals surface area contributed by atoms with E-state index in [4.69, 9.17) is 5.73 Å². The SMILES string of the molecule is NCCC1CCCCN1c1ccc2nnnn2n1. The van der Waals surface area contributed by atoms with E-state index in [0.717, 1.165) is 18.8 Å². The van der Waals surface area contributed by atoms with Crippen LogP contribution in [-0.2, 0) is 0 Å². The van der Waals surface area contributed by atoms with Gasteiger partial charge >= 0.3 is 0 Å². The minimum absolute atomic E-state index is 0.491. The minimum Gasteiger partial charge on any atom is -0.352 e. The van der Waals surface area contributed by atoms with E-state index in [-0.39, 0.29) is 0 Å². The van der Waals surface area contributed by atoms with E-state index in [0.29, 0.717) is 18.2 Å². The molecule has 1 aliphatic heterocycles. The van der Waals surface area contributed by atoms with Crippen LogP contribution < -0.4 is 10.6 Å². The number of nitrogens with two attached hydrogens (primary N) is 1. The summed E-state index contributed by atoms with van der Waals surface area (Å²) in [5, 5.41) is 15.8. The molecule has 1 fully saturated rings. The first-order valence-corrected chi connectivity index (χ1v) is 6.40. The summed E-state index contributed by atoms with van der Waals surface area (Å²) in [4.78, 5) is 2.33. The zero-order valence-electron chi connectivity index (χ0n) is 10.2. The van der Waals surface area contributed by atoms with Crippen molar-refractivity contribution in [2.75, 3.05) is 18.0 Å². The van der Waals surface area contributed by atoms with E-state index in [9.17, 15) is 0 Å². The second-order valence-corrected chi connectivity index (χ2v) is 4.64. The molecule has 7 heteroatoms. The van der Waals surface area contributed by atoms with Gasteiger partial charge in [0, 0.05) is 12.6 Å². The largest absolute Gasteiger partial charge is 0.352 e. The Kier molecular flexibility index (Phi) is 3.06. The maximum absolute atomic E-state index is 5.69. The highest BCUT2D eigenvalue weighted by atomic mass is 15.6. The van der Waals surface area contributed by atoms with Crippen molar-refractivity contribution in [1.29, 1.82) is 0 Å². The molecule has 0 amide bonds. The molecule has 0 radical (unpaired) electrons. The van der Waals surface area contributed by atoms with E-state index in [1.54, 1.807) is 0 Å². The Morgan fingerprint density at radius 2 is 2.28 bits per heavy atom. The Hall–Kier alpha value is -1.76. The summed E-state index contributed by atoms with van der Waals surface area (Å²) < 4.78 is 1.48. The zero-order chi connectivity index (χ0) is 12.4. The smallest absolute Gasteiger partial charge is 0.200 e. The molecular weight excluding hydrogens is 230 g/mol. The molecule has 1 saturated heterocycles. The molecular formula is C11H17N7. The highest BCUT2D eigenvalue weighted by Crippen LogP contribution is 2.24. The van der Waals surface area contributed by atoms with Crippen molar-refractivity contribution in [3.63, 3.8) is 0 Å². The van der Waals surface area contributed by atoms with Crippen molar-refractivity contribution in [3.8, 4) is 0 Å². The Morgan fingerprint density at radius 3 is 3.17 bits per heavy atom. The minimum atomic E-state index is 0.491. The lowest BCUT2D eigenvalue weighted by Crippen LogP contribution is -2.41. The lowest BCUT2D eigenvalue weighted by Gasteiger charge is -2.36. The van der Waals surface area contributed by atoms with Gasteiger partial charge < -0.3 is 10.6 Å². The molecule has 0 spiro atoms. The average molecular weight is 247 g/mol. The predicted octanol–water partition coefficient (Wildman–Crippen LogP) is 0.227. The van der Waals surface area contributed by atoms with E-state index in [1.807, 2.05) is 12.1 Å². The van der Waals surface area contributed by atoms with Gasteiger partial charge in [0.2, 0.25) is 0 Å². The molecule has 0 saturated carbocycles. The van der Waals surface area contributed by atoms with Gasteiger partial charge in [-0.05, 0) is 54.8 Å². The van der Waals surface area contributed by atoms with E-state index >= 15 is 0 Å². The molecule has 0 aromatic carbocycles. The standard InChI is InChI=1S/C11H17N7/c12-7-6-9-3-1-2-8-17(9)11-5-4-10-13-15-16-18(10)14-11/h4-5,9H,1-3,6-8,12H2. The van der Waals surface area contributed by atoms with Crippen molar-refractivity contribution in [2.24, 2.45) is 5.73 Å². The summed E-state index contributed by atoms with van der Waals surface area (Å²) in [7, 11) is 0. The van der Waals surface area contributed by atoms with Gasteiger partial charge in [0.15, 0.2) is 11.5 Å². The molecule has 2 N–H and O–H groups in total. The maximum atomic E-state index is 5.69. The van der Waals surface area contributed by atoms with Gasteiger partial charge in [-0.2, -0.15) is 0 Å². The fraction of sp³-hybridized carbons (Fsp3) is 0.636. The second-order valence-electron chi connectivity index (χ2n) is 4.64. The van der Waals surface area contributed by atoms with Gasteiger partial charge in [0.1, 0.15) is 0 Å². The highest BCUT2D eigenvalue weighted by molar-refractivity contribution is 5.45. The van der Waals surface area contributed by atoms with Crippen LogP contribution in [0.4, 0.5) is 5.82 Å². The Bertz CT molecular complexity index is 521. The van der Waals surface area contributed by atoms with Crippen LogP contribution >= 0.6 is 0 Å². The Morgan fingerprint density at radius 1 is 1.33 bits per heavy atom. The number of hydrogen-bond donors (Lipinski definition) is 1. The topological polar surface area (TPSA) is 85.2 Å². The van der Waals surface area contributed by atoms with Crippen LogP contribution in [0, 0.1) is 0 Å². The molecule has 1 aliphatic rings. The second kappa shape index (κ2) is 4.85. The van der Waals surface area contributed by atoms with Crippen molar-refractivity contribution < 1.29 is 0 Å². The molecule has 18 heavy (non-hydrogen) atoms. The number of nitrogens with zero attached hydrogens (tertiary/aromatic N) is 6. The first-order chi connectivity index (χ1) is 8.88. The maximum Gasteiger partial charge on any atom is 0.200 e. The molecule has 7 nitrogen and oxygen atoms in total. The van der Waals surface area contributed by atoms with E-state index < -0.39 is 0 Å². The van der Waals surface area contributed by atoms with Gasteiger partial charge in [0.25, 0.3) is 0 Å². The van der Waals surface area contributed by atoms with Gasteiger partial charge in [-0.1, -0.05) is 0 Å². The number of tetrazole rings is 1. The third-order valence-corrected chi connectivity index (χ3v) is 3.48. The molecule has 1 atom stereocenters. The molecule has 0 aliphatic carbocycles. The van der Waals surface area contributed by atoms with Crippen LogP contribution in [0.3, 0.4) is 0 Å². The number of anilines is 1. The molecule has 96 valence electrons. The molecule has 0 bridgehead atoms. The fourth-order valence-corrected chi connectivity index (χ4v) is 2.59. The molecule has 2 aromatic heterocycles. The van der Waals surface area contributed by atoms with Crippen LogP contribution in [0.5, 0.6) is 0 Å². The Labute approximate surface area is 105 Å². The van der Waals surface area contributed by atoms with E-state index in [1.165, 1.54) is 23.9 Å². The number of aromatic nitrogens is 5. The summed E-state index contributed by atoms with van der Waals surface area (Å²) in [5.74, 6) is 0.938. The Balaban J connectivity index is 1.90.